The molecule has 0 aliphatic carbocycles. The molecule has 1 saturated heterocycles. The maximum atomic E-state index is 3.52. The van der Waals surface area contributed by atoms with Gasteiger partial charge in [-0.15, -0.1) is 0 Å². The maximum absolute atomic E-state index is 3.52. The number of aryl methyl sites for hydroxylation is 1. The highest BCUT2D eigenvalue weighted by Gasteiger charge is 2.21. The minimum atomic E-state index is 0.217. The van der Waals surface area contributed by atoms with Gasteiger partial charge in [-0.05, 0) is 55.6 Å². The van der Waals surface area contributed by atoms with Crippen molar-refractivity contribution in [3.8, 4) is 11.8 Å². The van der Waals surface area contributed by atoms with Crippen LogP contribution in [-0.4, -0.2) is 18.0 Å². The minimum absolute atomic E-state index is 0.217. The van der Waals surface area contributed by atoms with E-state index < -0.39 is 0 Å². The SMILES string of the molecule is CCCc1ccc(C#CC(c2ccccc2)N2CCCC2)cc1. The zero-order chi connectivity index (χ0) is 15.9. The Bertz CT molecular complexity index is 655. The van der Waals surface area contributed by atoms with Gasteiger partial charge in [0.2, 0.25) is 0 Å². The molecule has 2 aromatic rings. The molecule has 1 heteroatoms. The van der Waals surface area contributed by atoms with E-state index in [1.165, 1.54) is 30.4 Å². The van der Waals surface area contributed by atoms with Gasteiger partial charge in [-0.3, -0.25) is 4.90 Å². The van der Waals surface area contributed by atoms with Crippen molar-refractivity contribution in [1.82, 2.24) is 4.90 Å². The first kappa shape index (κ1) is 15.8. The van der Waals surface area contributed by atoms with E-state index >= 15 is 0 Å². The molecule has 118 valence electrons. The van der Waals surface area contributed by atoms with Gasteiger partial charge in [-0.1, -0.05) is 67.6 Å². The average Bonchev–Trinajstić information content (AvgIpc) is 3.12. The molecule has 0 radical (unpaired) electrons. The van der Waals surface area contributed by atoms with Crippen LogP contribution in [0.15, 0.2) is 54.6 Å². The van der Waals surface area contributed by atoms with Gasteiger partial charge in [0.1, 0.15) is 0 Å². The topological polar surface area (TPSA) is 3.24 Å². The van der Waals surface area contributed by atoms with Crippen LogP contribution in [-0.2, 0) is 6.42 Å². The van der Waals surface area contributed by atoms with E-state index in [9.17, 15) is 0 Å². The van der Waals surface area contributed by atoms with Crippen LogP contribution in [0.4, 0.5) is 0 Å². The molecule has 0 spiro atoms. The van der Waals surface area contributed by atoms with E-state index in [2.05, 4.69) is 78.3 Å². The Balaban J connectivity index is 1.81. The highest BCUT2D eigenvalue weighted by Crippen LogP contribution is 2.24. The van der Waals surface area contributed by atoms with Crippen LogP contribution in [0, 0.1) is 11.8 Å². The normalized spacial score (nSPS) is 15.9. The van der Waals surface area contributed by atoms with Gasteiger partial charge < -0.3 is 0 Å². The van der Waals surface area contributed by atoms with Crippen LogP contribution in [0.3, 0.4) is 0 Å². The molecule has 1 fully saturated rings. The van der Waals surface area contributed by atoms with E-state index in [0.717, 1.165) is 25.1 Å². The third-order valence-electron chi connectivity index (χ3n) is 4.47. The van der Waals surface area contributed by atoms with Gasteiger partial charge in [0.25, 0.3) is 0 Å². The lowest BCUT2D eigenvalue weighted by atomic mass is 10.0. The van der Waals surface area contributed by atoms with Gasteiger partial charge in [-0.2, -0.15) is 0 Å². The standard InChI is InChI=1S/C22H25N/c1-2-8-19-11-13-20(14-12-19)15-16-22(23-17-6-7-18-23)21-9-4-3-5-10-21/h3-5,9-14,22H,2,6-8,17-18H2,1H3. The van der Waals surface area contributed by atoms with Crippen LogP contribution in [0.1, 0.15) is 48.9 Å². The molecule has 23 heavy (non-hydrogen) atoms. The second-order valence-electron chi connectivity index (χ2n) is 6.27. The Morgan fingerprint density at radius 1 is 0.957 bits per heavy atom. The second kappa shape index (κ2) is 7.99. The third-order valence-corrected chi connectivity index (χ3v) is 4.47. The van der Waals surface area contributed by atoms with Crippen LogP contribution in [0.25, 0.3) is 0 Å². The van der Waals surface area contributed by atoms with E-state index in [1.54, 1.807) is 0 Å². The summed E-state index contributed by atoms with van der Waals surface area (Å²) in [7, 11) is 0. The molecule has 1 aliphatic heterocycles. The van der Waals surface area contributed by atoms with Crippen molar-refractivity contribution < 1.29 is 0 Å². The van der Waals surface area contributed by atoms with Crippen LogP contribution in [0.5, 0.6) is 0 Å². The number of likely N-dealkylation sites (tertiary alicyclic amines) is 1. The Kier molecular flexibility index (Phi) is 5.51. The maximum Gasteiger partial charge on any atom is 0.0974 e. The first-order valence-corrected chi connectivity index (χ1v) is 8.76. The van der Waals surface area contributed by atoms with Crippen molar-refractivity contribution in [2.45, 2.75) is 38.6 Å². The first-order valence-electron chi connectivity index (χ1n) is 8.76. The molecule has 1 heterocycles. The fraction of sp³-hybridized carbons (Fsp3) is 0.364. The lowest BCUT2D eigenvalue weighted by molar-refractivity contribution is 0.296. The average molecular weight is 303 g/mol. The van der Waals surface area contributed by atoms with E-state index in [1.807, 2.05) is 0 Å². The van der Waals surface area contributed by atoms with Crippen molar-refractivity contribution in [2.24, 2.45) is 0 Å². The molecule has 0 bridgehead atoms. The molecular weight excluding hydrogens is 278 g/mol. The summed E-state index contributed by atoms with van der Waals surface area (Å²) in [6.07, 6.45) is 4.91. The summed E-state index contributed by atoms with van der Waals surface area (Å²) in [4.78, 5) is 2.51. The van der Waals surface area contributed by atoms with Gasteiger partial charge in [0, 0.05) is 5.56 Å². The molecule has 1 atom stereocenters. The molecule has 0 amide bonds. The fourth-order valence-electron chi connectivity index (χ4n) is 3.22. The van der Waals surface area contributed by atoms with E-state index in [4.69, 9.17) is 0 Å². The molecule has 0 N–H and O–H groups in total. The predicted molar refractivity (Wildman–Crippen MR) is 97.3 cm³/mol. The Morgan fingerprint density at radius 2 is 1.65 bits per heavy atom. The highest BCUT2D eigenvalue weighted by atomic mass is 15.2. The van der Waals surface area contributed by atoms with Gasteiger partial charge in [-0.25, -0.2) is 0 Å². The minimum Gasteiger partial charge on any atom is -0.286 e. The summed E-state index contributed by atoms with van der Waals surface area (Å²) in [6.45, 7) is 4.53. The van der Waals surface area contributed by atoms with Crippen molar-refractivity contribution in [1.29, 1.82) is 0 Å². The number of hydrogen-bond acceptors (Lipinski definition) is 1. The largest absolute Gasteiger partial charge is 0.286 e. The molecule has 2 aromatic carbocycles. The van der Waals surface area contributed by atoms with Gasteiger partial charge >= 0.3 is 0 Å². The highest BCUT2D eigenvalue weighted by molar-refractivity contribution is 5.39. The Labute approximate surface area is 140 Å². The van der Waals surface area contributed by atoms with Crippen molar-refractivity contribution in [3.05, 3.63) is 71.3 Å². The summed E-state index contributed by atoms with van der Waals surface area (Å²) >= 11 is 0. The molecule has 3 rings (SSSR count). The van der Waals surface area contributed by atoms with Crippen LogP contribution >= 0.6 is 0 Å². The number of rotatable bonds is 4. The molecule has 1 aliphatic rings. The van der Waals surface area contributed by atoms with Crippen molar-refractivity contribution >= 4 is 0 Å². The van der Waals surface area contributed by atoms with E-state index in [-0.39, 0.29) is 6.04 Å². The van der Waals surface area contributed by atoms with Crippen LogP contribution in [0.2, 0.25) is 0 Å². The Hall–Kier alpha value is -2.04. The third kappa shape index (κ3) is 4.24. The number of hydrogen-bond donors (Lipinski definition) is 0. The van der Waals surface area contributed by atoms with Crippen LogP contribution < -0.4 is 0 Å². The monoisotopic (exact) mass is 303 g/mol. The zero-order valence-electron chi connectivity index (χ0n) is 14.0. The van der Waals surface area contributed by atoms with Crippen molar-refractivity contribution in [2.75, 3.05) is 13.1 Å². The molecule has 0 saturated carbocycles. The molecule has 0 aromatic heterocycles. The fourth-order valence-corrected chi connectivity index (χ4v) is 3.22. The summed E-state index contributed by atoms with van der Waals surface area (Å²) in [5.41, 5.74) is 3.83. The van der Waals surface area contributed by atoms with Crippen molar-refractivity contribution in [3.63, 3.8) is 0 Å². The second-order valence-corrected chi connectivity index (χ2v) is 6.27. The number of benzene rings is 2. The zero-order valence-corrected chi connectivity index (χ0v) is 14.0. The smallest absolute Gasteiger partial charge is 0.0974 e. The first-order chi connectivity index (χ1) is 11.4. The predicted octanol–water partition coefficient (Wildman–Crippen LogP) is 4.83. The summed E-state index contributed by atoms with van der Waals surface area (Å²) in [5.74, 6) is 6.92. The lowest BCUT2D eigenvalue weighted by Crippen LogP contribution is -2.24. The Morgan fingerprint density at radius 3 is 2.30 bits per heavy atom. The lowest BCUT2D eigenvalue weighted by Gasteiger charge is -2.23. The summed E-state index contributed by atoms with van der Waals surface area (Å²) < 4.78 is 0. The van der Waals surface area contributed by atoms with Gasteiger partial charge in [0.15, 0.2) is 0 Å². The molecule has 1 nitrogen and oxygen atoms in total. The molecular formula is C22H25N. The van der Waals surface area contributed by atoms with E-state index in [0.29, 0.717) is 0 Å². The number of nitrogens with zero attached hydrogens (tertiary/aromatic N) is 1. The quantitative estimate of drug-likeness (QED) is 0.731. The summed E-state index contributed by atoms with van der Waals surface area (Å²) in [6, 6.07) is 19.6. The summed E-state index contributed by atoms with van der Waals surface area (Å²) in [5, 5.41) is 0. The van der Waals surface area contributed by atoms with Gasteiger partial charge in [0.05, 0.1) is 6.04 Å². The molecule has 1 unspecified atom stereocenters.